The van der Waals surface area contributed by atoms with Gasteiger partial charge in [-0.15, -0.1) is 0 Å². The van der Waals surface area contributed by atoms with Crippen LogP contribution in [0.2, 0.25) is 0 Å². The Bertz CT molecular complexity index is 1160. The zero-order chi connectivity index (χ0) is 21.4. The van der Waals surface area contributed by atoms with Gasteiger partial charge in [-0.2, -0.15) is 0 Å². The molecule has 0 saturated heterocycles. The third-order valence-corrected chi connectivity index (χ3v) is 6.37. The second-order valence-electron chi connectivity index (χ2n) is 6.91. The van der Waals surface area contributed by atoms with Gasteiger partial charge in [0.15, 0.2) is 17.7 Å². The minimum absolute atomic E-state index is 0.224. The highest BCUT2D eigenvalue weighted by atomic mass is 35.5. The predicted octanol–water partition coefficient (Wildman–Crippen LogP) is 5.14. The van der Waals surface area contributed by atoms with Crippen LogP contribution in [0.3, 0.4) is 0 Å². The molecule has 0 aliphatic carbocycles. The number of aromatic nitrogens is 2. The van der Waals surface area contributed by atoms with E-state index in [1.54, 1.807) is 12.5 Å². The maximum Gasteiger partial charge on any atom is 0.231 e. The third-order valence-electron chi connectivity index (χ3n) is 5.03. The Labute approximate surface area is 189 Å². The summed E-state index contributed by atoms with van der Waals surface area (Å²) in [5.41, 5.74) is 2.69. The Morgan fingerprint density at radius 2 is 1.94 bits per heavy atom. The van der Waals surface area contributed by atoms with Crippen molar-refractivity contribution >= 4 is 29.4 Å². The Morgan fingerprint density at radius 3 is 2.68 bits per heavy atom. The fraction of sp³-hybridized carbons (Fsp3) is 0.182. The maximum atomic E-state index is 6.71. The summed E-state index contributed by atoms with van der Waals surface area (Å²) in [6, 6.07) is 13.5. The lowest BCUT2D eigenvalue weighted by atomic mass is 10.1. The molecule has 2 aliphatic heterocycles. The van der Waals surface area contributed by atoms with E-state index in [0.717, 1.165) is 22.6 Å². The fourth-order valence-corrected chi connectivity index (χ4v) is 4.44. The monoisotopic (exact) mass is 454 g/mol. The van der Waals surface area contributed by atoms with Crippen LogP contribution in [-0.2, 0) is 0 Å². The van der Waals surface area contributed by atoms with E-state index >= 15 is 0 Å². The fourth-order valence-electron chi connectivity index (χ4n) is 3.40. The number of imidazole rings is 1. The minimum Gasteiger partial charge on any atom is -0.454 e. The zero-order valence-electron chi connectivity index (χ0n) is 16.9. The van der Waals surface area contributed by atoms with Crippen molar-refractivity contribution in [2.24, 2.45) is 4.99 Å². The van der Waals surface area contributed by atoms with Gasteiger partial charge in [-0.3, -0.25) is 4.31 Å². The number of ether oxygens (including phenoxy) is 3. The van der Waals surface area contributed by atoms with Crippen molar-refractivity contribution in [2.75, 3.05) is 13.0 Å². The van der Waals surface area contributed by atoms with E-state index in [0.29, 0.717) is 22.6 Å². The largest absolute Gasteiger partial charge is 0.454 e. The number of nitrogens with zero attached hydrogens (tertiary/aromatic N) is 4. The first kappa shape index (κ1) is 19.8. The molecule has 2 aliphatic rings. The van der Waals surface area contributed by atoms with Crippen LogP contribution in [0.5, 0.6) is 17.2 Å². The SMILES string of the molecule is CSN1C(Cl)=C(C)C(Oc2ccc(-n3ccnc3)cc2)=NC1c1ccc2c(c1)OCO2. The molecular formula is C22H19ClN4O3S. The van der Waals surface area contributed by atoms with Crippen LogP contribution >= 0.6 is 23.5 Å². The van der Waals surface area contributed by atoms with E-state index in [1.165, 1.54) is 11.9 Å². The Kier molecular flexibility index (Phi) is 5.25. The van der Waals surface area contributed by atoms with Gasteiger partial charge in [0, 0.05) is 35.5 Å². The molecular weight excluding hydrogens is 436 g/mol. The van der Waals surface area contributed by atoms with Gasteiger partial charge in [-0.25, -0.2) is 9.98 Å². The van der Waals surface area contributed by atoms with Gasteiger partial charge in [0.25, 0.3) is 0 Å². The average Bonchev–Trinajstić information content (AvgIpc) is 3.49. The molecule has 9 heteroatoms. The quantitative estimate of drug-likeness (QED) is 0.402. The van der Waals surface area contributed by atoms with E-state index in [9.17, 15) is 0 Å². The Hall–Kier alpha value is -3.10. The lowest BCUT2D eigenvalue weighted by Gasteiger charge is -2.33. The summed E-state index contributed by atoms with van der Waals surface area (Å²) in [5.74, 6) is 2.59. The molecule has 1 atom stereocenters. The number of fused-ring (bicyclic) bond motifs is 1. The van der Waals surface area contributed by atoms with Gasteiger partial charge in [0.1, 0.15) is 10.9 Å². The molecule has 158 valence electrons. The summed E-state index contributed by atoms with van der Waals surface area (Å²) in [5, 5.41) is 0.579. The van der Waals surface area contributed by atoms with E-state index in [-0.39, 0.29) is 13.0 Å². The number of aliphatic imine (C=N–C) groups is 1. The summed E-state index contributed by atoms with van der Waals surface area (Å²) in [6.07, 6.45) is 6.99. The number of rotatable bonds is 4. The molecule has 0 saturated carbocycles. The molecule has 2 aromatic carbocycles. The van der Waals surface area contributed by atoms with Crippen molar-refractivity contribution in [1.29, 1.82) is 0 Å². The second-order valence-corrected chi connectivity index (χ2v) is 8.03. The molecule has 0 bridgehead atoms. The van der Waals surface area contributed by atoms with Gasteiger partial charge < -0.3 is 18.8 Å². The first-order chi connectivity index (χ1) is 15.1. The molecule has 5 rings (SSSR count). The molecule has 31 heavy (non-hydrogen) atoms. The lowest BCUT2D eigenvalue weighted by Crippen LogP contribution is -2.28. The molecule has 1 unspecified atom stereocenters. The number of hydrogen-bond donors (Lipinski definition) is 0. The molecule has 0 radical (unpaired) electrons. The van der Waals surface area contributed by atoms with Crippen molar-refractivity contribution in [1.82, 2.24) is 13.9 Å². The second kappa shape index (κ2) is 8.20. The summed E-state index contributed by atoms with van der Waals surface area (Å²) in [4.78, 5) is 8.95. The molecule has 0 spiro atoms. The summed E-state index contributed by atoms with van der Waals surface area (Å²) >= 11 is 8.21. The van der Waals surface area contributed by atoms with Crippen molar-refractivity contribution in [3.63, 3.8) is 0 Å². The number of benzene rings is 2. The minimum atomic E-state index is -0.360. The normalized spacial score (nSPS) is 17.7. The zero-order valence-corrected chi connectivity index (χ0v) is 18.4. The van der Waals surface area contributed by atoms with Crippen LogP contribution in [0.15, 0.2) is 76.9 Å². The highest BCUT2D eigenvalue weighted by molar-refractivity contribution is 7.96. The summed E-state index contributed by atoms with van der Waals surface area (Å²) < 4.78 is 21.0. The standard InChI is InChI=1S/C22H19ClN4O3S/c1-14-20(23)27(31-2)21(15-3-8-18-19(11-15)29-13-28-18)25-22(14)30-17-6-4-16(5-7-17)26-10-9-24-12-26/h3-12,21H,13H2,1-2H3. The maximum absolute atomic E-state index is 6.71. The van der Waals surface area contributed by atoms with E-state index < -0.39 is 0 Å². The summed E-state index contributed by atoms with van der Waals surface area (Å²) in [7, 11) is 0. The van der Waals surface area contributed by atoms with Gasteiger partial charge >= 0.3 is 0 Å². The number of halogens is 1. The van der Waals surface area contributed by atoms with Crippen molar-refractivity contribution in [3.8, 4) is 22.9 Å². The molecule has 0 N–H and O–H groups in total. The summed E-state index contributed by atoms with van der Waals surface area (Å²) in [6.45, 7) is 2.13. The van der Waals surface area contributed by atoms with Gasteiger partial charge in [-0.1, -0.05) is 29.6 Å². The van der Waals surface area contributed by atoms with Crippen LogP contribution in [0.25, 0.3) is 5.69 Å². The molecule has 3 aromatic rings. The topological polar surface area (TPSA) is 61.1 Å². The van der Waals surface area contributed by atoms with Gasteiger partial charge in [0.2, 0.25) is 12.7 Å². The first-order valence-electron chi connectivity index (χ1n) is 9.58. The van der Waals surface area contributed by atoms with Gasteiger partial charge in [-0.05, 0) is 43.3 Å². The van der Waals surface area contributed by atoms with E-state index in [4.69, 9.17) is 30.8 Å². The van der Waals surface area contributed by atoms with E-state index in [2.05, 4.69) is 4.98 Å². The van der Waals surface area contributed by atoms with Crippen LogP contribution in [0, 0.1) is 0 Å². The molecule has 0 fully saturated rings. The molecule has 7 nitrogen and oxygen atoms in total. The van der Waals surface area contributed by atoms with Crippen molar-refractivity contribution in [2.45, 2.75) is 13.1 Å². The van der Waals surface area contributed by atoms with Crippen LogP contribution in [0.1, 0.15) is 18.7 Å². The average molecular weight is 455 g/mol. The molecule has 3 heterocycles. The smallest absolute Gasteiger partial charge is 0.231 e. The van der Waals surface area contributed by atoms with Crippen LogP contribution in [0.4, 0.5) is 0 Å². The van der Waals surface area contributed by atoms with Crippen LogP contribution in [-0.4, -0.2) is 32.8 Å². The Balaban J connectivity index is 1.45. The van der Waals surface area contributed by atoms with Crippen LogP contribution < -0.4 is 14.2 Å². The van der Waals surface area contributed by atoms with Crippen molar-refractivity contribution < 1.29 is 14.2 Å². The highest BCUT2D eigenvalue weighted by Crippen LogP contribution is 2.42. The van der Waals surface area contributed by atoms with E-state index in [1.807, 2.05) is 70.7 Å². The predicted molar refractivity (Wildman–Crippen MR) is 121 cm³/mol. The first-order valence-corrected chi connectivity index (χ1v) is 11.1. The third kappa shape index (κ3) is 3.73. The molecule has 0 amide bonds. The lowest BCUT2D eigenvalue weighted by molar-refractivity contribution is 0.174. The van der Waals surface area contributed by atoms with Crippen molar-refractivity contribution in [3.05, 3.63) is 77.5 Å². The highest BCUT2D eigenvalue weighted by Gasteiger charge is 2.31. The molecule has 1 aromatic heterocycles. The number of hydrogen-bond acceptors (Lipinski definition) is 7. The Morgan fingerprint density at radius 1 is 1.13 bits per heavy atom. The van der Waals surface area contributed by atoms with Gasteiger partial charge in [0.05, 0.1) is 6.33 Å².